The van der Waals surface area contributed by atoms with Crippen molar-refractivity contribution in [2.45, 2.75) is 85.0 Å². The highest BCUT2D eigenvalue weighted by molar-refractivity contribution is 5.69. The summed E-state index contributed by atoms with van der Waals surface area (Å²) in [7, 11) is 0. The smallest absolute Gasteiger partial charge is 0.305 e. The second-order valence-corrected chi connectivity index (χ2v) is 11.7. The van der Waals surface area contributed by atoms with E-state index in [9.17, 15) is 9.59 Å². The zero-order valence-electron chi connectivity index (χ0n) is 29.4. The van der Waals surface area contributed by atoms with Crippen LogP contribution in [0, 0.1) is 6.92 Å². The highest BCUT2D eigenvalue weighted by Crippen LogP contribution is 2.30. The molecule has 3 aromatic carbocycles. The van der Waals surface area contributed by atoms with Crippen LogP contribution in [-0.4, -0.2) is 38.4 Å². The van der Waals surface area contributed by atoms with Crippen molar-refractivity contribution in [2.75, 3.05) is 26.4 Å². The summed E-state index contributed by atoms with van der Waals surface area (Å²) in [6.45, 7) is 16.0. The Morgan fingerprint density at radius 1 is 0.531 bits per heavy atom. The molecule has 0 saturated carbocycles. The molecule has 0 atom stereocenters. The molecule has 3 aromatic rings. The summed E-state index contributed by atoms with van der Waals surface area (Å²) in [5.74, 6) is 3.72. The van der Waals surface area contributed by atoms with Crippen molar-refractivity contribution in [1.82, 2.24) is 0 Å². The number of carbonyl (C=O) groups is 2. The van der Waals surface area contributed by atoms with E-state index in [2.05, 4.69) is 13.2 Å². The quantitative estimate of drug-likeness (QED) is 0.0528. The van der Waals surface area contributed by atoms with Gasteiger partial charge in [-0.3, -0.25) is 9.59 Å². The van der Waals surface area contributed by atoms with Gasteiger partial charge in [0.25, 0.3) is 0 Å². The second kappa shape index (κ2) is 22.0. The van der Waals surface area contributed by atoms with Gasteiger partial charge in [0.15, 0.2) is 0 Å². The lowest BCUT2D eigenvalue weighted by Gasteiger charge is -2.14. The molecule has 0 aliphatic rings. The number of hydrogen-bond acceptors (Lipinski definition) is 8. The van der Waals surface area contributed by atoms with Crippen LogP contribution in [0.5, 0.6) is 23.0 Å². The standard InChI is InChI=1S/C41H52O8/c1-6-40(42)46-28-14-10-8-12-26-44-36-20-16-34(17-21-36)32(4)48-38-24-25-39(31(3)30-38)49-33(5)35-18-22-37(23-19-35)45-27-13-9-11-15-29-47-41(43)7-2/h16-25,30H,4-15,26-29H2,1-3H3. The summed E-state index contributed by atoms with van der Waals surface area (Å²) in [6, 6.07) is 21.0. The van der Waals surface area contributed by atoms with Crippen LogP contribution in [0.3, 0.4) is 0 Å². The number of carbonyl (C=O) groups excluding carboxylic acids is 2. The van der Waals surface area contributed by atoms with Crippen LogP contribution in [0.2, 0.25) is 0 Å². The van der Waals surface area contributed by atoms with Gasteiger partial charge < -0.3 is 28.4 Å². The number of ether oxygens (including phenoxy) is 6. The lowest BCUT2D eigenvalue weighted by molar-refractivity contribution is -0.144. The first-order valence-corrected chi connectivity index (χ1v) is 17.4. The van der Waals surface area contributed by atoms with E-state index in [1.54, 1.807) is 13.8 Å². The van der Waals surface area contributed by atoms with Gasteiger partial charge in [-0.05, 0) is 131 Å². The van der Waals surface area contributed by atoms with E-state index in [0.717, 1.165) is 79.6 Å². The van der Waals surface area contributed by atoms with Crippen LogP contribution in [0.4, 0.5) is 0 Å². The lowest BCUT2D eigenvalue weighted by Crippen LogP contribution is -2.04. The van der Waals surface area contributed by atoms with Gasteiger partial charge in [-0.25, -0.2) is 0 Å². The summed E-state index contributed by atoms with van der Waals surface area (Å²) in [5, 5.41) is 0. The first-order chi connectivity index (χ1) is 23.8. The normalized spacial score (nSPS) is 10.6. The van der Waals surface area contributed by atoms with E-state index < -0.39 is 0 Å². The van der Waals surface area contributed by atoms with Gasteiger partial charge in [0, 0.05) is 24.0 Å². The molecular weight excluding hydrogens is 620 g/mol. The van der Waals surface area contributed by atoms with Gasteiger partial charge in [-0.1, -0.05) is 27.0 Å². The van der Waals surface area contributed by atoms with E-state index in [1.165, 1.54) is 0 Å². The zero-order valence-corrected chi connectivity index (χ0v) is 29.4. The molecule has 0 unspecified atom stereocenters. The minimum atomic E-state index is -0.143. The number of unbranched alkanes of at least 4 members (excludes halogenated alkanes) is 6. The topological polar surface area (TPSA) is 89.5 Å². The summed E-state index contributed by atoms with van der Waals surface area (Å²) in [4.78, 5) is 22.3. The predicted molar refractivity (Wildman–Crippen MR) is 194 cm³/mol. The molecule has 0 radical (unpaired) electrons. The molecule has 0 heterocycles. The molecule has 3 rings (SSSR count). The lowest BCUT2D eigenvalue weighted by atomic mass is 10.1. The molecule has 0 fully saturated rings. The number of rotatable bonds is 24. The van der Waals surface area contributed by atoms with Crippen molar-refractivity contribution in [1.29, 1.82) is 0 Å². The number of benzene rings is 3. The Kier molecular flexibility index (Phi) is 17.4. The van der Waals surface area contributed by atoms with E-state index in [0.29, 0.717) is 62.3 Å². The molecule has 0 N–H and O–H groups in total. The fraction of sp³-hybridized carbons (Fsp3) is 0.415. The fourth-order valence-corrected chi connectivity index (χ4v) is 4.74. The van der Waals surface area contributed by atoms with Crippen molar-refractivity contribution in [3.8, 4) is 23.0 Å². The fourth-order valence-electron chi connectivity index (χ4n) is 4.74. The average Bonchev–Trinajstić information content (AvgIpc) is 3.11. The molecule has 8 heteroatoms. The maximum absolute atomic E-state index is 11.2. The van der Waals surface area contributed by atoms with Crippen LogP contribution in [-0.2, 0) is 19.1 Å². The van der Waals surface area contributed by atoms with Gasteiger partial charge in [-0.2, -0.15) is 0 Å². The highest BCUT2D eigenvalue weighted by Gasteiger charge is 2.09. The van der Waals surface area contributed by atoms with Gasteiger partial charge >= 0.3 is 11.9 Å². The maximum Gasteiger partial charge on any atom is 0.305 e. The Balaban J connectivity index is 1.35. The molecule has 8 nitrogen and oxygen atoms in total. The average molecular weight is 673 g/mol. The van der Waals surface area contributed by atoms with Gasteiger partial charge in [0.1, 0.15) is 34.5 Å². The van der Waals surface area contributed by atoms with E-state index in [4.69, 9.17) is 28.4 Å². The molecule has 49 heavy (non-hydrogen) atoms. The third-order valence-corrected chi connectivity index (χ3v) is 7.69. The van der Waals surface area contributed by atoms with E-state index in [1.807, 2.05) is 73.7 Å². The van der Waals surface area contributed by atoms with Crippen LogP contribution in [0.15, 0.2) is 79.9 Å². The maximum atomic E-state index is 11.2. The van der Waals surface area contributed by atoms with Crippen molar-refractivity contribution in [3.05, 3.63) is 96.6 Å². The van der Waals surface area contributed by atoms with Crippen molar-refractivity contribution in [2.24, 2.45) is 0 Å². The van der Waals surface area contributed by atoms with Crippen LogP contribution in [0.25, 0.3) is 11.5 Å². The summed E-state index contributed by atoms with van der Waals surface area (Å²) >= 11 is 0. The highest BCUT2D eigenvalue weighted by atomic mass is 16.5. The largest absolute Gasteiger partial charge is 0.494 e. The first-order valence-electron chi connectivity index (χ1n) is 17.4. The number of hydrogen-bond donors (Lipinski definition) is 0. The Hall–Kier alpha value is -4.72. The van der Waals surface area contributed by atoms with Crippen LogP contribution >= 0.6 is 0 Å². The second-order valence-electron chi connectivity index (χ2n) is 11.7. The molecule has 0 aliphatic carbocycles. The Morgan fingerprint density at radius 3 is 1.37 bits per heavy atom. The minimum Gasteiger partial charge on any atom is -0.494 e. The van der Waals surface area contributed by atoms with Crippen molar-refractivity contribution >= 4 is 23.5 Å². The molecule has 0 spiro atoms. The van der Waals surface area contributed by atoms with Crippen LogP contribution in [0.1, 0.15) is 94.7 Å². The molecular formula is C41H52O8. The summed E-state index contributed by atoms with van der Waals surface area (Å²) in [6.07, 6.45) is 8.55. The Bertz CT molecular complexity index is 1460. The SMILES string of the molecule is C=C(Oc1ccc(OC(=C)c2ccc(OCCCCCCOC(=O)CC)cc2)c(C)c1)c1ccc(OCCCCCCOC(=O)CC)cc1. The minimum absolute atomic E-state index is 0.143. The molecule has 0 saturated heterocycles. The van der Waals surface area contributed by atoms with Crippen molar-refractivity contribution in [3.63, 3.8) is 0 Å². The molecule has 0 aliphatic heterocycles. The monoisotopic (exact) mass is 672 g/mol. The van der Waals surface area contributed by atoms with Gasteiger partial charge in [0.05, 0.1) is 26.4 Å². The van der Waals surface area contributed by atoms with E-state index >= 15 is 0 Å². The van der Waals surface area contributed by atoms with Gasteiger partial charge in [-0.15, -0.1) is 0 Å². The predicted octanol–water partition coefficient (Wildman–Crippen LogP) is 9.88. The van der Waals surface area contributed by atoms with Crippen LogP contribution < -0.4 is 18.9 Å². The summed E-state index contributed by atoms with van der Waals surface area (Å²) in [5.41, 5.74) is 2.63. The van der Waals surface area contributed by atoms with Gasteiger partial charge in [0.2, 0.25) is 0 Å². The van der Waals surface area contributed by atoms with Crippen molar-refractivity contribution < 1.29 is 38.0 Å². The Labute approximate surface area is 292 Å². The third kappa shape index (κ3) is 14.9. The Morgan fingerprint density at radius 2 is 0.939 bits per heavy atom. The molecule has 0 amide bonds. The molecule has 0 bridgehead atoms. The van der Waals surface area contributed by atoms with E-state index in [-0.39, 0.29) is 11.9 Å². The molecule has 264 valence electrons. The zero-order chi connectivity index (χ0) is 35.3. The molecule has 0 aromatic heterocycles. The third-order valence-electron chi connectivity index (χ3n) is 7.69. The summed E-state index contributed by atoms with van der Waals surface area (Å²) < 4.78 is 34.1. The number of aryl methyl sites for hydroxylation is 1. The first kappa shape index (κ1) is 38.7. The number of esters is 2.